The zero-order chi connectivity index (χ0) is 35.9. The molecule has 49 heavy (non-hydrogen) atoms. The highest BCUT2D eigenvalue weighted by molar-refractivity contribution is 7.89. The maximum absolute atomic E-state index is 14.1. The number of rotatable bonds is 17. The standard InChI is InChI=1S/C34H46N6O7S2/c1-22(2)16-38(49(45,46)27-13-11-25(35)12-14-27)18-29(41)28(15-24-9-7-6-8-10-24)37-33(43)32(23(3)4)40-19-31(42)39(34(40)44)17-26-21-48-30(36-26)20-47-5/h6-14,21-23,28-29,32,41H,15-20,35H2,1-5H3,(H,37,43)/t28-,29-,32-/m0/s1. The lowest BCUT2D eigenvalue weighted by Crippen LogP contribution is -2.57. The second-order valence-electron chi connectivity index (χ2n) is 12.9. The molecule has 4 amide bonds. The van der Waals surface area contributed by atoms with Crippen LogP contribution in [0.5, 0.6) is 0 Å². The van der Waals surface area contributed by atoms with Gasteiger partial charge < -0.3 is 25.8 Å². The summed E-state index contributed by atoms with van der Waals surface area (Å²) in [6.07, 6.45) is -1.15. The van der Waals surface area contributed by atoms with E-state index in [9.17, 15) is 27.9 Å². The number of aliphatic hydroxyl groups excluding tert-OH is 1. The normalized spacial score (nSPS) is 15.8. The summed E-state index contributed by atoms with van der Waals surface area (Å²) >= 11 is 1.36. The highest BCUT2D eigenvalue weighted by atomic mass is 32.2. The van der Waals surface area contributed by atoms with Crippen LogP contribution in [-0.2, 0) is 43.9 Å². The number of methoxy groups -OCH3 is 1. The average Bonchev–Trinajstić information content (AvgIpc) is 3.60. The van der Waals surface area contributed by atoms with E-state index >= 15 is 0 Å². The second-order valence-corrected chi connectivity index (χ2v) is 15.8. The molecule has 1 fully saturated rings. The molecule has 1 aromatic heterocycles. The van der Waals surface area contributed by atoms with Crippen LogP contribution in [0.1, 0.15) is 44.0 Å². The number of imide groups is 1. The van der Waals surface area contributed by atoms with E-state index in [1.165, 1.54) is 44.8 Å². The van der Waals surface area contributed by atoms with E-state index in [0.717, 1.165) is 10.5 Å². The number of carbonyl (C=O) groups is 3. The lowest BCUT2D eigenvalue weighted by Gasteiger charge is -2.34. The van der Waals surface area contributed by atoms with E-state index in [2.05, 4.69) is 10.3 Å². The molecule has 3 aromatic rings. The highest BCUT2D eigenvalue weighted by Gasteiger charge is 2.44. The summed E-state index contributed by atoms with van der Waals surface area (Å²) in [7, 11) is -2.48. The molecule has 2 aromatic carbocycles. The Morgan fingerprint density at radius 3 is 2.37 bits per heavy atom. The molecule has 266 valence electrons. The van der Waals surface area contributed by atoms with Crippen LogP contribution in [0.25, 0.3) is 0 Å². The van der Waals surface area contributed by atoms with E-state index in [-0.39, 0.29) is 43.4 Å². The Labute approximate surface area is 292 Å². The Kier molecular flexibility index (Phi) is 12.9. The molecule has 4 rings (SSSR count). The van der Waals surface area contributed by atoms with Crippen molar-refractivity contribution in [2.75, 3.05) is 32.5 Å². The van der Waals surface area contributed by atoms with Crippen molar-refractivity contribution in [2.24, 2.45) is 11.8 Å². The van der Waals surface area contributed by atoms with Gasteiger partial charge in [0.25, 0.3) is 5.91 Å². The molecule has 3 atom stereocenters. The third kappa shape index (κ3) is 9.63. The number of carbonyl (C=O) groups excluding carboxylic acids is 3. The Morgan fingerprint density at radius 2 is 1.76 bits per heavy atom. The van der Waals surface area contributed by atoms with Crippen LogP contribution in [0.2, 0.25) is 0 Å². The van der Waals surface area contributed by atoms with Crippen molar-refractivity contribution >= 4 is 44.9 Å². The third-order valence-electron chi connectivity index (χ3n) is 8.07. The number of sulfonamides is 1. The van der Waals surface area contributed by atoms with Crippen molar-refractivity contribution in [1.29, 1.82) is 0 Å². The SMILES string of the molecule is COCc1nc(CN2C(=O)CN([C@H](C(=O)N[C@@H](Cc3ccccc3)[C@@H](O)CN(CC(C)C)S(=O)(=O)c3ccc(N)cc3)C(C)C)C2=O)cs1. The quantitative estimate of drug-likeness (QED) is 0.140. The Hall–Kier alpha value is -3.89. The van der Waals surface area contributed by atoms with Gasteiger partial charge in [-0.15, -0.1) is 11.3 Å². The van der Waals surface area contributed by atoms with Crippen LogP contribution in [-0.4, -0.2) is 95.4 Å². The van der Waals surface area contributed by atoms with Crippen molar-refractivity contribution in [1.82, 2.24) is 24.4 Å². The lowest BCUT2D eigenvalue weighted by atomic mass is 9.97. The van der Waals surface area contributed by atoms with Gasteiger partial charge in [-0.05, 0) is 48.1 Å². The Morgan fingerprint density at radius 1 is 1.08 bits per heavy atom. The van der Waals surface area contributed by atoms with Crippen LogP contribution in [0.15, 0.2) is 64.9 Å². The average molecular weight is 715 g/mol. The second kappa shape index (κ2) is 16.7. The minimum Gasteiger partial charge on any atom is -0.399 e. The fraction of sp³-hybridized carbons (Fsp3) is 0.471. The molecule has 15 heteroatoms. The van der Waals surface area contributed by atoms with E-state index < -0.39 is 52.0 Å². The van der Waals surface area contributed by atoms with Crippen molar-refractivity contribution in [2.45, 2.75) is 70.4 Å². The minimum absolute atomic E-state index is 0.0346. The largest absolute Gasteiger partial charge is 0.399 e. The van der Waals surface area contributed by atoms with Crippen molar-refractivity contribution in [3.8, 4) is 0 Å². The van der Waals surface area contributed by atoms with Gasteiger partial charge in [0.2, 0.25) is 15.9 Å². The van der Waals surface area contributed by atoms with E-state index in [0.29, 0.717) is 23.0 Å². The van der Waals surface area contributed by atoms with Gasteiger partial charge >= 0.3 is 6.03 Å². The van der Waals surface area contributed by atoms with Crippen molar-refractivity contribution in [3.63, 3.8) is 0 Å². The van der Waals surface area contributed by atoms with Gasteiger partial charge in [-0.25, -0.2) is 18.2 Å². The summed E-state index contributed by atoms with van der Waals surface area (Å²) in [5.74, 6) is -1.49. The summed E-state index contributed by atoms with van der Waals surface area (Å²) in [5.41, 5.74) is 7.55. The first-order chi connectivity index (χ1) is 23.2. The molecule has 4 N–H and O–H groups in total. The Balaban J connectivity index is 1.57. The van der Waals surface area contributed by atoms with Gasteiger partial charge in [-0.1, -0.05) is 58.0 Å². The summed E-state index contributed by atoms with van der Waals surface area (Å²) < 4.78 is 33.8. The number of thiazole rings is 1. The molecule has 0 aliphatic carbocycles. The molecular formula is C34H46N6O7S2. The lowest BCUT2D eigenvalue weighted by molar-refractivity contribution is -0.129. The summed E-state index contributed by atoms with van der Waals surface area (Å²) in [6.45, 7) is 7.09. The Bertz CT molecular complexity index is 1680. The van der Waals surface area contributed by atoms with Gasteiger partial charge in [-0.2, -0.15) is 4.31 Å². The molecule has 0 unspecified atom stereocenters. The maximum atomic E-state index is 14.1. The molecule has 0 bridgehead atoms. The first kappa shape index (κ1) is 37.9. The number of aliphatic hydroxyl groups is 1. The van der Waals surface area contributed by atoms with Crippen LogP contribution >= 0.6 is 11.3 Å². The van der Waals surface area contributed by atoms with E-state index in [4.69, 9.17) is 10.5 Å². The number of nitrogens with two attached hydrogens (primary N) is 1. The molecule has 0 saturated carbocycles. The third-order valence-corrected chi connectivity index (χ3v) is 10.8. The number of amides is 4. The molecule has 1 aliphatic rings. The molecule has 2 heterocycles. The molecule has 0 radical (unpaired) electrons. The molecule has 0 spiro atoms. The van der Waals surface area contributed by atoms with Crippen molar-refractivity contribution < 1.29 is 32.6 Å². The van der Waals surface area contributed by atoms with Crippen molar-refractivity contribution in [3.05, 3.63) is 76.2 Å². The smallest absolute Gasteiger partial charge is 0.328 e. The van der Waals surface area contributed by atoms with Gasteiger partial charge in [0.1, 0.15) is 17.6 Å². The molecule has 1 aliphatic heterocycles. The van der Waals surface area contributed by atoms with Crippen LogP contribution in [0.3, 0.4) is 0 Å². The number of anilines is 1. The number of hydrogen-bond donors (Lipinski definition) is 3. The first-order valence-electron chi connectivity index (χ1n) is 16.1. The number of nitrogens with one attached hydrogen (secondary N) is 1. The van der Waals surface area contributed by atoms with E-state index in [1.807, 2.05) is 44.2 Å². The van der Waals surface area contributed by atoms with Gasteiger partial charge in [-0.3, -0.25) is 14.5 Å². The first-order valence-corrected chi connectivity index (χ1v) is 18.4. The monoisotopic (exact) mass is 714 g/mol. The number of nitrogens with zero attached hydrogens (tertiary/aromatic N) is 4. The predicted octanol–water partition coefficient (Wildman–Crippen LogP) is 3.10. The number of hydrogen-bond acceptors (Lipinski definition) is 10. The van der Waals surface area contributed by atoms with Gasteiger partial charge in [0.15, 0.2) is 0 Å². The van der Waals surface area contributed by atoms with Gasteiger partial charge in [0, 0.05) is 31.3 Å². The molecule has 1 saturated heterocycles. The van der Waals surface area contributed by atoms with Crippen LogP contribution in [0, 0.1) is 11.8 Å². The number of benzene rings is 2. The van der Waals surface area contributed by atoms with E-state index in [1.54, 1.807) is 26.3 Å². The van der Waals surface area contributed by atoms with Crippen LogP contribution in [0.4, 0.5) is 10.5 Å². The maximum Gasteiger partial charge on any atom is 0.328 e. The fourth-order valence-corrected chi connectivity index (χ4v) is 8.11. The summed E-state index contributed by atoms with van der Waals surface area (Å²) in [4.78, 5) is 47.5. The molecular weight excluding hydrogens is 669 g/mol. The molecule has 13 nitrogen and oxygen atoms in total. The number of nitrogen functional groups attached to an aromatic ring is 1. The topological polar surface area (TPSA) is 175 Å². The fourth-order valence-electron chi connectivity index (χ4n) is 5.73. The highest BCUT2D eigenvalue weighted by Crippen LogP contribution is 2.24. The summed E-state index contributed by atoms with van der Waals surface area (Å²) in [5, 5.41) is 17.1. The predicted molar refractivity (Wildman–Crippen MR) is 187 cm³/mol. The van der Waals surface area contributed by atoms with Crippen LogP contribution < -0.4 is 11.1 Å². The number of urea groups is 1. The summed E-state index contributed by atoms with van der Waals surface area (Å²) in [6, 6.07) is 12.5. The number of ether oxygens (including phenoxy) is 1. The van der Waals surface area contributed by atoms with Gasteiger partial charge in [0.05, 0.1) is 35.9 Å². The number of aromatic nitrogens is 1. The zero-order valence-electron chi connectivity index (χ0n) is 28.5. The zero-order valence-corrected chi connectivity index (χ0v) is 30.1. The minimum atomic E-state index is -4.04.